The number of hydrogen-bond acceptors (Lipinski definition) is 7. The number of aromatic nitrogens is 3. The third kappa shape index (κ3) is 6.23. The van der Waals surface area contributed by atoms with E-state index in [1.54, 1.807) is 4.52 Å². The number of morpholine rings is 1. The number of alkyl halides is 3. The highest BCUT2D eigenvalue weighted by molar-refractivity contribution is 6.00. The van der Waals surface area contributed by atoms with E-state index in [2.05, 4.69) is 20.3 Å². The van der Waals surface area contributed by atoms with Gasteiger partial charge in [0.15, 0.2) is 5.82 Å². The molecule has 0 radical (unpaired) electrons. The van der Waals surface area contributed by atoms with Gasteiger partial charge in [-0.25, -0.2) is 23.1 Å². The van der Waals surface area contributed by atoms with Crippen LogP contribution in [0.1, 0.15) is 23.7 Å². The minimum absolute atomic E-state index is 0.135. The van der Waals surface area contributed by atoms with Crippen LogP contribution in [-0.2, 0) is 28.8 Å². The lowest BCUT2D eigenvalue weighted by atomic mass is 10.00. The number of nitrogen functional groups attached to an aromatic ring is 1. The molecule has 1 atom stereocenters. The number of rotatable bonds is 7. The van der Waals surface area contributed by atoms with Gasteiger partial charge in [-0.3, -0.25) is 4.90 Å². The third-order valence-corrected chi connectivity index (χ3v) is 7.16. The number of carbonyl (C=O) groups excluding carboxylic acids is 1. The summed E-state index contributed by atoms with van der Waals surface area (Å²) in [5, 5.41) is 8.62. The Morgan fingerprint density at radius 1 is 1.14 bits per heavy atom. The Labute approximate surface area is 242 Å². The molecule has 1 aliphatic rings. The Balaban J connectivity index is 1.47. The van der Waals surface area contributed by atoms with Crippen LogP contribution in [0.4, 0.5) is 43.9 Å². The second kappa shape index (κ2) is 12.1. The molecule has 2 aromatic heterocycles. The zero-order chi connectivity index (χ0) is 30.9. The number of fused-ring (bicyclic) bond motifs is 1. The number of ether oxygens (including phenoxy) is 2. The van der Waals surface area contributed by atoms with Gasteiger partial charge in [-0.15, -0.1) is 0 Å². The topological polar surface area (TPSA) is 119 Å². The molecule has 0 aliphatic carbocycles. The minimum atomic E-state index is -4.75. The van der Waals surface area contributed by atoms with Crippen LogP contribution in [0, 0.1) is 11.6 Å². The van der Waals surface area contributed by atoms with Crippen molar-refractivity contribution in [2.45, 2.75) is 32.3 Å². The molecule has 10 nitrogen and oxygen atoms in total. The normalized spacial score (nSPS) is 16.0. The third-order valence-electron chi connectivity index (χ3n) is 7.16. The van der Waals surface area contributed by atoms with Gasteiger partial charge in [0.1, 0.15) is 23.5 Å². The van der Waals surface area contributed by atoms with Crippen molar-refractivity contribution in [3.8, 4) is 11.1 Å². The first-order chi connectivity index (χ1) is 20.5. The van der Waals surface area contributed by atoms with E-state index in [0.29, 0.717) is 66.7 Å². The zero-order valence-electron chi connectivity index (χ0n) is 23.1. The molecule has 15 heteroatoms. The SMILES string of the molecule is COCc1c(-c2ccc(NC(=O)Nc3cc(C(F)(F)F)ccc3F)c(F)c2)c2c(N)ncnn2c1CN1CCOCC1C. The van der Waals surface area contributed by atoms with Gasteiger partial charge < -0.3 is 25.8 Å². The first-order valence-electron chi connectivity index (χ1n) is 13.2. The quantitative estimate of drug-likeness (QED) is 0.245. The summed E-state index contributed by atoms with van der Waals surface area (Å²) in [6, 6.07) is 4.55. The van der Waals surface area contributed by atoms with Crippen molar-refractivity contribution in [1.82, 2.24) is 19.5 Å². The van der Waals surface area contributed by atoms with E-state index in [1.165, 1.54) is 31.6 Å². The first kappa shape index (κ1) is 30.1. The Bertz CT molecular complexity index is 1660. The monoisotopic (exact) mass is 605 g/mol. The number of amides is 2. The fraction of sp³-hybridized carbons (Fsp3) is 0.321. The maximum absolute atomic E-state index is 15.4. The summed E-state index contributed by atoms with van der Waals surface area (Å²) in [4.78, 5) is 18.8. The van der Waals surface area contributed by atoms with Crippen LogP contribution < -0.4 is 16.4 Å². The van der Waals surface area contributed by atoms with E-state index < -0.39 is 35.1 Å². The number of nitrogens with one attached hydrogen (secondary N) is 2. The lowest BCUT2D eigenvalue weighted by molar-refractivity contribution is -0.137. The summed E-state index contributed by atoms with van der Waals surface area (Å²) in [5.41, 5.74) is 6.98. The van der Waals surface area contributed by atoms with Gasteiger partial charge in [0, 0.05) is 37.4 Å². The fourth-order valence-electron chi connectivity index (χ4n) is 5.03. The molecule has 5 rings (SSSR count). The predicted molar refractivity (Wildman–Crippen MR) is 148 cm³/mol. The van der Waals surface area contributed by atoms with E-state index >= 15 is 4.39 Å². The molecule has 2 aromatic carbocycles. The Morgan fingerprint density at radius 3 is 2.60 bits per heavy atom. The zero-order valence-corrected chi connectivity index (χ0v) is 23.1. The van der Waals surface area contributed by atoms with E-state index in [9.17, 15) is 22.4 Å². The van der Waals surface area contributed by atoms with Crippen LogP contribution >= 0.6 is 0 Å². The van der Waals surface area contributed by atoms with Crippen LogP contribution in [0.15, 0.2) is 42.7 Å². The highest BCUT2D eigenvalue weighted by Crippen LogP contribution is 2.38. The van der Waals surface area contributed by atoms with Gasteiger partial charge in [0.2, 0.25) is 0 Å². The largest absolute Gasteiger partial charge is 0.416 e. The van der Waals surface area contributed by atoms with Crippen molar-refractivity contribution >= 4 is 28.7 Å². The number of hydrogen-bond donors (Lipinski definition) is 3. The highest BCUT2D eigenvalue weighted by atomic mass is 19.4. The van der Waals surface area contributed by atoms with Gasteiger partial charge in [0.25, 0.3) is 0 Å². The molecular weight excluding hydrogens is 577 g/mol. The fourth-order valence-corrected chi connectivity index (χ4v) is 5.03. The number of methoxy groups -OCH3 is 1. The minimum Gasteiger partial charge on any atom is -0.382 e. The number of halogens is 5. The standard InChI is InChI=1S/C28H28F5N7O3/c1-15-12-43-8-7-39(15)11-23-18(13-42-2)24(25-26(34)35-14-36-40(23)25)16-3-6-21(20(30)9-16)37-27(41)38-22-10-17(28(31,32)33)4-5-19(22)29/h3-6,9-10,14-15H,7-8,11-13H2,1-2H3,(H2,34,35,36)(H2,37,38,41). The average molecular weight is 606 g/mol. The lowest BCUT2D eigenvalue weighted by Crippen LogP contribution is -2.43. The number of anilines is 3. The Kier molecular flexibility index (Phi) is 8.48. The van der Waals surface area contributed by atoms with Crippen LogP contribution in [0.2, 0.25) is 0 Å². The predicted octanol–water partition coefficient (Wildman–Crippen LogP) is 5.29. The molecule has 3 heterocycles. The van der Waals surface area contributed by atoms with Crippen molar-refractivity contribution in [2.24, 2.45) is 0 Å². The maximum Gasteiger partial charge on any atom is 0.416 e. The Hall–Kier alpha value is -4.34. The lowest BCUT2D eigenvalue weighted by Gasteiger charge is -2.33. The van der Waals surface area contributed by atoms with Crippen molar-refractivity contribution in [3.05, 3.63) is 71.2 Å². The molecule has 0 saturated carbocycles. The van der Waals surface area contributed by atoms with Crippen molar-refractivity contribution in [1.29, 1.82) is 0 Å². The van der Waals surface area contributed by atoms with E-state index in [4.69, 9.17) is 15.2 Å². The summed E-state index contributed by atoms with van der Waals surface area (Å²) in [7, 11) is 1.53. The van der Waals surface area contributed by atoms with Crippen LogP contribution in [0.3, 0.4) is 0 Å². The molecular formula is C28H28F5N7O3. The molecule has 0 spiro atoms. The summed E-state index contributed by atoms with van der Waals surface area (Å²) >= 11 is 0. The van der Waals surface area contributed by atoms with Gasteiger partial charge in [0.05, 0.1) is 42.5 Å². The molecule has 2 amide bonds. The highest BCUT2D eigenvalue weighted by Gasteiger charge is 2.31. The number of benzene rings is 2. The van der Waals surface area contributed by atoms with Crippen molar-refractivity contribution in [3.63, 3.8) is 0 Å². The number of urea groups is 1. The maximum atomic E-state index is 15.4. The van der Waals surface area contributed by atoms with Crippen LogP contribution in [0.5, 0.6) is 0 Å². The smallest absolute Gasteiger partial charge is 0.382 e. The summed E-state index contributed by atoms with van der Waals surface area (Å²) in [6.45, 7) is 4.52. The van der Waals surface area contributed by atoms with E-state index in [-0.39, 0.29) is 24.2 Å². The average Bonchev–Trinajstić information content (AvgIpc) is 3.26. The van der Waals surface area contributed by atoms with Gasteiger partial charge >= 0.3 is 12.2 Å². The molecule has 43 heavy (non-hydrogen) atoms. The van der Waals surface area contributed by atoms with Crippen molar-refractivity contribution < 1.29 is 36.2 Å². The molecule has 0 bridgehead atoms. The molecule has 228 valence electrons. The van der Waals surface area contributed by atoms with Crippen LogP contribution in [-0.4, -0.2) is 58.4 Å². The Morgan fingerprint density at radius 2 is 1.91 bits per heavy atom. The van der Waals surface area contributed by atoms with Gasteiger partial charge in [-0.05, 0) is 42.8 Å². The summed E-state index contributed by atoms with van der Waals surface area (Å²) in [5.74, 6) is -1.79. The van der Waals surface area contributed by atoms with Crippen LogP contribution in [0.25, 0.3) is 16.6 Å². The molecule has 1 fully saturated rings. The molecule has 4 N–H and O–H groups in total. The van der Waals surface area contributed by atoms with Gasteiger partial charge in [-0.2, -0.15) is 18.3 Å². The van der Waals surface area contributed by atoms with E-state index in [0.717, 1.165) is 5.69 Å². The summed E-state index contributed by atoms with van der Waals surface area (Å²) < 4.78 is 81.3. The molecule has 1 saturated heterocycles. The molecule has 1 unspecified atom stereocenters. The van der Waals surface area contributed by atoms with E-state index in [1.807, 2.05) is 12.2 Å². The second-order valence-electron chi connectivity index (χ2n) is 10.00. The second-order valence-corrected chi connectivity index (χ2v) is 10.00. The molecule has 4 aromatic rings. The number of carbonyl (C=O) groups is 1. The number of nitrogens with two attached hydrogens (primary N) is 1. The summed E-state index contributed by atoms with van der Waals surface area (Å²) in [6.07, 6.45) is -3.42. The molecule has 1 aliphatic heterocycles. The number of nitrogens with zero attached hydrogens (tertiary/aromatic N) is 4. The van der Waals surface area contributed by atoms with Gasteiger partial charge in [-0.1, -0.05) is 6.07 Å². The van der Waals surface area contributed by atoms with Crippen molar-refractivity contribution in [2.75, 3.05) is 43.2 Å². The first-order valence-corrected chi connectivity index (χ1v) is 13.2.